The van der Waals surface area contributed by atoms with Crippen molar-refractivity contribution in [1.82, 2.24) is 9.80 Å². The molecule has 31 heavy (non-hydrogen) atoms. The first-order valence-corrected chi connectivity index (χ1v) is 13.3. The highest BCUT2D eigenvalue weighted by Gasteiger charge is 2.33. The van der Waals surface area contributed by atoms with Crippen molar-refractivity contribution < 1.29 is 0 Å². The van der Waals surface area contributed by atoms with Crippen molar-refractivity contribution >= 4 is 11.4 Å². The SMILES string of the molecule is CCN(CC)CCN1CN(C2CCN(CC3CCCCCCC3)CC2)c2ccccc21. The quantitative estimate of drug-likeness (QED) is 0.549. The number of rotatable bonds is 8. The lowest BCUT2D eigenvalue weighted by Crippen LogP contribution is -2.47. The van der Waals surface area contributed by atoms with E-state index in [1.165, 1.54) is 88.8 Å². The average molecular weight is 427 g/mol. The van der Waals surface area contributed by atoms with Crippen LogP contribution in [0.3, 0.4) is 0 Å². The third-order valence-electron chi connectivity index (χ3n) is 8.17. The Morgan fingerprint density at radius 3 is 2.16 bits per heavy atom. The number of piperidine rings is 1. The fourth-order valence-electron chi connectivity index (χ4n) is 6.12. The zero-order valence-electron chi connectivity index (χ0n) is 20.3. The fourth-order valence-corrected chi connectivity index (χ4v) is 6.12. The largest absolute Gasteiger partial charge is 0.351 e. The number of likely N-dealkylation sites (tertiary alicyclic amines) is 1. The summed E-state index contributed by atoms with van der Waals surface area (Å²) in [6.07, 6.45) is 12.9. The lowest BCUT2D eigenvalue weighted by atomic mass is 9.90. The lowest BCUT2D eigenvalue weighted by molar-refractivity contribution is 0.167. The van der Waals surface area contributed by atoms with Gasteiger partial charge in [0.1, 0.15) is 0 Å². The molecule has 4 heteroatoms. The molecule has 2 aliphatic heterocycles. The first-order chi connectivity index (χ1) is 15.3. The Kier molecular flexibility index (Phi) is 8.55. The van der Waals surface area contributed by atoms with E-state index in [1.54, 1.807) is 0 Å². The van der Waals surface area contributed by atoms with Gasteiger partial charge in [0.15, 0.2) is 0 Å². The van der Waals surface area contributed by atoms with Gasteiger partial charge in [0.25, 0.3) is 0 Å². The predicted molar refractivity (Wildman–Crippen MR) is 134 cm³/mol. The predicted octanol–water partition coefficient (Wildman–Crippen LogP) is 5.44. The normalized spacial score (nSPS) is 22.0. The average Bonchev–Trinajstić information content (AvgIpc) is 3.15. The van der Waals surface area contributed by atoms with Gasteiger partial charge in [-0.3, -0.25) is 0 Å². The number of fused-ring (bicyclic) bond motifs is 1. The van der Waals surface area contributed by atoms with E-state index in [0.29, 0.717) is 6.04 Å². The Morgan fingerprint density at radius 1 is 0.839 bits per heavy atom. The summed E-state index contributed by atoms with van der Waals surface area (Å²) in [4.78, 5) is 10.7. The van der Waals surface area contributed by atoms with E-state index in [9.17, 15) is 0 Å². The molecule has 0 spiro atoms. The van der Waals surface area contributed by atoms with Crippen LogP contribution in [0.25, 0.3) is 0 Å². The highest BCUT2D eigenvalue weighted by molar-refractivity contribution is 5.76. The Bertz CT molecular complexity index is 642. The second-order valence-corrected chi connectivity index (χ2v) is 10.1. The molecule has 2 fully saturated rings. The molecule has 0 radical (unpaired) electrons. The van der Waals surface area contributed by atoms with E-state index >= 15 is 0 Å². The highest BCUT2D eigenvalue weighted by Crippen LogP contribution is 2.38. The number of para-hydroxylation sites is 2. The molecule has 4 rings (SSSR count). The van der Waals surface area contributed by atoms with Gasteiger partial charge in [-0.25, -0.2) is 0 Å². The van der Waals surface area contributed by atoms with Crippen LogP contribution >= 0.6 is 0 Å². The molecule has 0 atom stereocenters. The van der Waals surface area contributed by atoms with Crippen LogP contribution in [0.1, 0.15) is 71.6 Å². The van der Waals surface area contributed by atoms with Crippen LogP contribution in [-0.2, 0) is 0 Å². The van der Waals surface area contributed by atoms with Crippen molar-refractivity contribution in [2.24, 2.45) is 5.92 Å². The van der Waals surface area contributed by atoms with Gasteiger partial charge in [-0.1, -0.05) is 58.1 Å². The van der Waals surface area contributed by atoms with Crippen LogP contribution in [0.15, 0.2) is 24.3 Å². The van der Waals surface area contributed by atoms with E-state index in [2.05, 4.69) is 57.7 Å². The maximum Gasteiger partial charge on any atom is 0.0907 e. The molecule has 1 saturated carbocycles. The lowest BCUT2D eigenvalue weighted by Gasteiger charge is -2.39. The van der Waals surface area contributed by atoms with Crippen LogP contribution in [0.2, 0.25) is 0 Å². The van der Waals surface area contributed by atoms with Crippen molar-refractivity contribution in [2.75, 3.05) is 62.3 Å². The monoisotopic (exact) mass is 426 g/mol. The maximum absolute atomic E-state index is 2.79. The van der Waals surface area contributed by atoms with E-state index < -0.39 is 0 Å². The van der Waals surface area contributed by atoms with Gasteiger partial charge in [-0.05, 0) is 56.8 Å². The van der Waals surface area contributed by atoms with E-state index in [-0.39, 0.29) is 0 Å². The number of hydrogen-bond donors (Lipinski definition) is 0. The Balaban J connectivity index is 1.31. The number of benzene rings is 1. The van der Waals surface area contributed by atoms with Crippen LogP contribution in [0, 0.1) is 5.92 Å². The van der Waals surface area contributed by atoms with E-state index in [1.807, 2.05) is 0 Å². The summed E-state index contributed by atoms with van der Waals surface area (Å²) in [7, 11) is 0. The molecule has 4 nitrogen and oxygen atoms in total. The van der Waals surface area contributed by atoms with Gasteiger partial charge >= 0.3 is 0 Å². The summed E-state index contributed by atoms with van der Waals surface area (Å²) >= 11 is 0. The van der Waals surface area contributed by atoms with Crippen LogP contribution in [0.4, 0.5) is 11.4 Å². The standard InChI is InChI=1S/C27H46N4/c1-3-28(4-2)20-21-30-23-31(27-15-11-10-14-26(27)30)25-16-18-29(19-17-25)22-24-12-8-6-5-7-9-13-24/h10-11,14-15,24-25H,3-9,12-13,16-23H2,1-2H3. The number of likely N-dealkylation sites (N-methyl/N-ethyl adjacent to an activating group) is 1. The van der Waals surface area contributed by atoms with Gasteiger partial charge < -0.3 is 19.6 Å². The smallest absolute Gasteiger partial charge is 0.0907 e. The minimum atomic E-state index is 0.702. The molecule has 0 N–H and O–H groups in total. The van der Waals surface area contributed by atoms with Gasteiger partial charge in [-0.15, -0.1) is 0 Å². The summed E-state index contributed by atoms with van der Waals surface area (Å²) in [5.74, 6) is 0.958. The summed E-state index contributed by atoms with van der Waals surface area (Å²) in [6, 6.07) is 9.83. The minimum absolute atomic E-state index is 0.702. The molecule has 3 aliphatic rings. The fraction of sp³-hybridized carbons (Fsp3) is 0.778. The van der Waals surface area contributed by atoms with Gasteiger partial charge in [-0.2, -0.15) is 0 Å². The summed E-state index contributed by atoms with van der Waals surface area (Å²) in [5, 5.41) is 0. The second-order valence-electron chi connectivity index (χ2n) is 10.1. The van der Waals surface area contributed by atoms with Crippen molar-refractivity contribution in [2.45, 2.75) is 77.7 Å². The highest BCUT2D eigenvalue weighted by atomic mass is 15.4. The third-order valence-corrected chi connectivity index (χ3v) is 8.17. The number of nitrogens with zero attached hydrogens (tertiary/aromatic N) is 4. The number of anilines is 2. The van der Waals surface area contributed by atoms with E-state index in [0.717, 1.165) is 38.8 Å². The second kappa shape index (κ2) is 11.6. The van der Waals surface area contributed by atoms with E-state index in [4.69, 9.17) is 0 Å². The number of hydrogen-bond acceptors (Lipinski definition) is 4. The van der Waals surface area contributed by atoms with Crippen LogP contribution < -0.4 is 9.80 Å². The summed E-state index contributed by atoms with van der Waals surface area (Å²) in [5.41, 5.74) is 2.92. The molecule has 174 valence electrons. The first kappa shape index (κ1) is 22.9. The molecule has 0 aromatic heterocycles. The van der Waals surface area contributed by atoms with Crippen LogP contribution in [0.5, 0.6) is 0 Å². The van der Waals surface area contributed by atoms with Gasteiger partial charge in [0.2, 0.25) is 0 Å². The molecule has 2 heterocycles. The molecule has 0 bridgehead atoms. The zero-order chi connectivity index (χ0) is 21.5. The van der Waals surface area contributed by atoms with Crippen molar-refractivity contribution in [3.63, 3.8) is 0 Å². The molecular formula is C27H46N4. The molecule has 1 saturated heterocycles. The van der Waals surface area contributed by atoms with Crippen molar-refractivity contribution in [1.29, 1.82) is 0 Å². The molecule has 0 unspecified atom stereocenters. The zero-order valence-corrected chi connectivity index (χ0v) is 20.3. The Morgan fingerprint density at radius 2 is 1.48 bits per heavy atom. The summed E-state index contributed by atoms with van der Waals surface area (Å²) < 4.78 is 0. The maximum atomic E-state index is 2.79. The Hall–Kier alpha value is -1.26. The van der Waals surface area contributed by atoms with Crippen LogP contribution in [-0.4, -0.2) is 68.3 Å². The van der Waals surface area contributed by atoms with Gasteiger partial charge in [0.05, 0.1) is 18.0 Å². The topological polar surface area (TPSA) is 13.0 Å². The molecule has 1 aliphatic carbocycles. The van der Waals surface area contributed by atoms with Crippen molar-refractivity contribution in [3.8, 4) is 0 Å². The first-order valence-electron chi connectivity index (χ1n) is 13.3. The molecule has 0 amide bonds. The van der Waals surface area contributed by atoms with Crippen molar-refractivity contribution in [3.05, 3.63) is 24.3 Å². The third kappa shape index (κ3) is 5.96. The molecule has 1 aromatic rings. The minimum Gasteiger partial charge on any atom is -0.351 e. The Labute approximate surface area is 191 Å². The molecule has 1 aromatic carbocycles. The molecular weight excluding hydrogens is 380 g/mol. The summed E-state index contributed by atoms with van der Waals surface area (Å²) in [6.45, 7) is 14.2. The van der Waals surface area contributed by atoms with Gasteiger partial charge in [0, 0.05) is 38.8 Å².